The van der Waals surface area contributed by atoms with Gasteiger partial charge in [-0.15, -0.1) is 0 Å². The van der Waals surface area contributed by atoms with Crippen molar-refractivity contribution >= 4 is 28.7 Å². The number of hydrogen-bond acceptors (Lipinski definition) is 7. The zero-order valence-electron chi connectivity index (χ0n) is 22.0. The summed E-state index contributed by atoms with van der Waals surface area (Å²) in [7, 11) is 1.65. The van der Waals surface area contributed by atoms with Gasteiger partial charge in [-0.25, -0.2) is 9.97 Å². The van der Waals surface area contributed by atoms with Gasteiger partial charge >= 0.3 is 5.97 Å². The summed E-state index contributed by atoms with van der Waals surface area (Å²) in [6.07, 6.45) is 4.13. The van der Waals surface area contributed by atoms with Crippen molar-refractivity contribution in [3.8, 4) is 28.8 Å². The first-order valence-corrected chi connectivity index (χ1v) is 13.3. The van der Waals surface area contributed by atoms with Crippen LogP contribution in [0.15, 0.2) is 42.7 Å². The van der Waals surface area contributed by atoms with Crippen molar-refractivity contribution in [3.05, 3.63) is 58.9 Å². The van der Waals surface area contributed by atoms with E-state index in [1.54, 1.807) is 13.2 Å². The molecule has 0 aliphatic heterocycles. The molecule has 0 spiro atoms. The van der Waals surface area contributed by atoms with Gasteiger partial charge in [-0.3, -0.25) is 4.79 Å². The normalized spacial score (nSPS) is 19.4. The Kier molecular flexibility index (Phi) is 6.33. The number of methoxy groups -OCH3 is 1. The van der Waals surface area contributed by atoms with Crippen molar-refractivity contribution in [2.45, 2.75) is 57.8 Å². The summed E-state index contributed by atoms with van der Waals surface area (Å²) in [5.41, 5.74) is 3.66. The Hall–Kier alpha value is -3.85. The van der Waals surface area contributed by atoms with Gasteiger partial charge in [0.25, 0.3) is 0 Å². The Morgan fingerprint density at radius 3 is 2.69 bits per heavy atom. The fourth-order valence-electron chi connectivity index (χ4n) is 4.88. The maximum atomic E-state index is 11.2. The minimum absolute atomic E-state index is 0.195. The first-order chi connectivity index (χ1) is 18.7. The molecular weight excluding hydrogens is 520 g/mol. The first kappa shape index (κ1) is 25.4. The molecule has 0 atom stereocenters. The zero-order chi connectivity index (χ0) is 27.3. The largest absolute Gasteiger partial charge is 0.496 e. The Morgan fingerprint density at radius 2 is 1.97 bits per heavy atom. The molecule has 2 aromatic carbocycles. The second-order valence-corrected chi connectivity index (χ2v) is 11.0. The molecule has 2 heterocycles. The van der Waals surface area contributed by atoms with Crippen molar-refractivity contribution in [1.29, 1.82) is 0 Å². The van der Waals surface area contributed by atoms with Crippen molar-refractivity contribution in [2.24, 2.45) is 5.92 Å². The molecule has 0 amide bonds. The molecule has 0 saturated heterocycles. The van der Waals surface area contributed by atoms with E-state index in [1.807, 2.05) is 35.8 Å². The summed E-state index contributed by atoms with van der Waals surface area (Å²) >= 11 is 6.92. The van der Waals surface area contributed by atoms with E-state index in [2.05, 4.69) is 23.0 Å². The van der Waals surface area contributed by atoms with Crippen LogP contribution in [-0.2, 0) is 11.3 Å². The van der Waals surface area contributed by atoms with Gasteiger partial charge in [0.2, 0.25) is 5.88 Å². The summed E-state index contributed by atoms with van der Waals surface area (Å²) in [5.74, 6) is 1.10. The Balaban J connectivity index is 1.45. The third-order valence-electron chi connectivity index (χ3n) is 7.50. The summed E-state index contributed by atoms with van der Waals surface area (Å²) in [4.78, 5) is 25.2. The van der Waals surface area contributed by atoms with Crippen LogP contribution in [0.1, 0.15) is 43.7 Å². The number of carboxylic acids is 1. The van der Waals surface area contributed by atoms with Crippen molar-refractivity contribution in [1.82, 2.24) is 19.5 Å². The maximum Gasteiger partial charge on any atom is 0.306 e. The Morgan fingerprint density at radius 1 is 1.18 bits per heavy atom. The van der Waals surface area contributed by atoms with Crippen LogP contribution in [0.4, 0.5) is 0 Å². The SMILES string of the molecule is COc1ccc(C)cc1Cn1c(-c2cccc(OC3CC(C(=O)O)C3)c2Cl)nc2c(OC3(C)CC3)ncnc21. The summed E-state index contributed by atoms with van der Waals surface area (Å²) in [5, 5.41) is 9.61. The number of benzene rings is 2. The lowest BCUT2D eigenvalue weighted by Gasteiger charge is -2.32. The van der Waals surface area contributed by atoms with E-state index >= 15 is 0 Å². The fraction of sp³-hybridized carbons (Fsp3) is 0.379. The van der Waals surface area contributed by atoms with Crippen molar-refractivity contribution in [2.75, 3.05) is 7.11 Å². The highest BCUT2D eigenvalue weighted by atomic mass is 35.5. The average molecular weight is 549 g/mol. The predicted octanol–water partition coefficient (Wildman–Crippen LogP) is 5.69. The molecule has 2 aromatic heterocycles. The van der Waals surface area contributed by atoms with Crippen molar-refractivity contribution in [3.63, 3.8) is 0 Å². The van der Waals surface area contributed by atoms with Crippen molar-refractivity contribution < 1.29 is 24.1 Å². The molecule has 39 heavy (non-hydrogen) atoms. The summed E-state index contributed by atoms with van der Waals surface area (Å²) in [6, 6.07) is 11.6. The number of carboxylic acid groups (broad SMARTS) is 1. The van der Waals surface area contributed by atoms with Gasteiger partial charge in [0.1, 0.15) is 35.4 Å². The number of hydrogen-bond donors (Lipinski definition) is 1. The molecule has 2 saturated carbocycles. The molecule has 4 aromatic rings. The number of aryl methyl sites for hydroxylation is 1. The van der Waals surface area contributed by atoms with E-state index in [4.69, 9.17) is 30.8 Å². The van der Waals surface area contributed by atoms with E-state index in [0.717, 1.165) is 29.7 Å². The topological polar surface area (TPSA) is 109 Å². The molecule has 1 N–H and O–H groups in total. The number of nitrogens with zero attached hydrogens (tertiary/aromatic N) is 4. The minimum Gasteiger partial charge on any atom is -0.496 e. The van der Waals surface area contributed by atoms with Crippen LogP contribution >= 0.6 is 11.6 Å². The van der Waals surface area contributed by atoms with Crippen LogP contribution in [0.25, 0.3) is 22.6 Å². The Bertz CT molecular complexity index is 1580. The number of ether oxygens (including phenoxy) is 3. The van der Waals surface area contributed by atoms with Gasteiger partial charge in [0.05, 0.1) is 24.6 Å². The van der Waals surface area contributed by atoms with E-state index in [-0.39, 0.29) is 17.6 Å². The van der Waals surface area contributed by atoms with E-state index in [0.29, 0.717) is 58.6 Å². The monoisotopic (exact) mass is 548 g/mol. The lowest BCUT2D eigenvalue weighted by Crippen LogP contribution is -2.38. The molecule has 10 heteroatoms. The lowest BCUT2D eigenvalue weighted by atomic mass is 9.82. The van der Waals surface area contributed by atoms with Crippen LogP contribution in [-0.4, -0.2) is 49.4 Å². The second-order valence-electron chi connectivity index (χ2n) is 10.6. The molecule has 0 bridgehead atoms. The average Bonchev–Trinajstić information content (AvgIpc) is 3.49. The van der Waals surface area contributed by atoms with Gasteiger partial charge in [-0.1, -0.05) is 35.4 Å². The van der Waals surface area contributed by atoms with Crippen LogP contribution in [0, 0.1) is 12.8 Å². The number of aromatic nitrogens is 4. The number of aliphatic carboxylic acids is 1. The zero-order valence-corrected chi connectivity index (χ0v) is 22.7. The predicted molar refractivity (Wildman–Crippen MR) is 146 cm³/mol. The molecule has 202 valence electrons. The number of fused-ring (bicyclic) bond motifs is 1. The number of rotatable bonds is 9. The van der Waals surface area contributed by atoms with Crippen LogP contribution in [0.5, 0.6) is 17.4 Å². The summed E-state index contributed by atoms with van der Waals surface area (Å²) < 4.78 is 20.0. The smallest absolute Gasteiger partial charge is 0.306 e. The standard InChI is InChI=1S/C29H29ClN4O5/c1-16-7-8-21(37-3)18(11-16)14-34-25(33-24-26(34)31-15-32-27(24)39-29(2)9-10-29)20-5-4-6-22(23(20)30)38-19-12-17(13-19)28(35)36/h4-8,11,15,17,19H,9-10,12-14H2,1-3H3,(H,35,36). The number of imidazole rings is 1. The molecule has 2 aliphatic rings. The first-order valence-electron chi connectivity index (χ1n) is 13.0. The number of carbonyl (C=O) groups is 1. The molecule has 2 aliphatic carbocycles. The maximum absolute atomic E-state index is 11.2. The fourth-order valence-corrected chi connectivity index (χ4v) is 5.13. The molecular formula is C29H29ClN4O5. The molecule has 0 radical (unpaired) electrons. The quantitative estimate of drug-likeness (QED) is 0.284. The highest BCUT2D eigenvalue weighted by Crippen LogP contribution is 2.43. The highest BCUT2D eigenvalue weighted by molar-refractivity contribution is 6.34. The summed E-state index contributed by atoms with van der Waals surface area (Å²) in [6.45, 7) is 4.52. The third-order valence-corrected chi connectivity index (χ3v) is 7.89. The van der Waals surface area contributed by atoms with Gasteiger partial charge < -0.3 is 23.9 Å². The molecule has 0 unspecified atom stereocenters. The van der Waals surface area contributed by atoms with Crippen LogP contribution < -0.4 is 14.2 Å². The molecule has 9 nitrogen and oxygen atoms in total. The van der Waals surface area contributed by atoms with Gasteiger partial charge in [-0.2, -0.15) is 4.98 Å². The molecule has 2 fully saturated rings. The Labute approximate surface area is 230 Å². The van der Waals surface area contributed by atoms with Gasteiger partial charge in [0, 0.05) is 11.1 Å². The minimum atomic E-state index is -0.797. The van der Waals surface area contributed by atoms with Crippen LogP contribution in [0.3, 0.4) is 0 Å². The van der Waals surface area contributed by atoms with E-state index in [9.17, 15) is 9.90 Å². The van der Waals surface area contributed by atoms with Crippen LogP contribution in [0.2, 0.25) is 5.02 Å². The molecule has 6 rings (SSSR count). The van der Waals surface area contributed by atoms with E-state index < -0.39 is 5.97 Å². The highest BCUT2D eigenvalue weighted by Gasteiger charge is 2.41. The van der Waals surface area contributed by atoms with E-state index in [1.165, 1.54) is 6.33 Å². The number of halogens is 1. The second kappa shape index (κ2) is 9.72. The third kappa shape index (κ3) is 4.87. The van der Waals surface area contributed by atoms with Gasteiger partial charge in [0.15, 0.2) is 11.2 Å². The van der Waals surface area contributed by atoms with Gasteiger partial charge in [-0.05, 0) is 57.7 Å². The lowest BCUT2D eigenvalue weighted by molar-refractivity contribution is -0.147.